The SMILES string of the molecule is CC(CC1=CCN(C(=O)c2ccc(F)cc2)CC1)(Oc1ccccc1)C(=O)O. The van der Waals surface area contributed by atoms with Crippen molar-refractivity contribution in [3.63, 3.8) is 0 Å². The first-order chi connectivity index (χ1) is 13.4. The first kappa shape index (κ1) is 19.6. The molecule has 0 fully saturated rings. The Morgan fingerprint density at radius 3 is 2.39 bits per heavy atom. The summed E-state index contributed by atoms with van der Waals surface area (Å²) in [6.07, 6.45) is 2.67. The molecule has 146 valence electrons. The zero-order valence-electron chi connectivity index (χ0n) is 15.6. The monoisotopic (exact) mass is 383 g/mol. The Bertz CT molecular complexity index is 879. The van der Waals surface area contributed by atoms with Crippen molar-refractivity contribution < 1.29 is 23.8 Å². The van der Waals surface area contributed by atoms with Gasteiger partial charge in [-0.2, -0.15) is 0 Å². The van der Waals surface area contributed by atoms with E-state index < -0.39 is 11.6 Å². The van der Waals surface area contributed by atoms with E-state index in [4.69, 9.17) is 4.74 Å². The van der Waals surface area contributed by atoms with Crippen LogP contribution < -0.4 is 4.74 Å². The second kappa shape index (κ2) is 8.25. The molecule has 1 atom stereocenters. The number of para-hydroxylation sites is 1. The predicted molar refractivity (Wildman–Crippen MR) is 103 cm³/mol. The number of carboxylic acid groups (broad SMARTS) is 1. The molecule has 0 spiro atoms. The quantitative estimate of drug-likeness (QED) is 0.768. The first-order valence-electron chi connectivity index (χ1n) is 9.07. The van der Waals surface area contributed by atoms with Gasteiger partial charge in [-0.25, -0.2) is 9.18 Å². The number of ether oxygens (including phenoxy) is 1. The van der Waals surface area contributed by atoms with Crippen molar-refractivity contribution in [3.05, 3.63) is 77.6 Å². The van der Waals surface area contributed by atoms with E-state index in [2.05, 4.69) is 0 Å². The minimum absolute atomic E-state index is 0.170. The zero-order valence-corrected chi connectivity index (χ0v) is 15.6. The number of carboxylic acids is 1. The Morgan fingerprint density at radius 2 is 1.82 bits per heavy atom. The molecule has 5 nitrogen and oxygen atoms in total. The van der Waals surface area contributed by atoms with Crippen LogP contribution in [-0.4, -0.2) is 40.6 Å². The molecular weight excluding hydrogens is 361 g/mol. The minimum Gasteiger partial charge on any atom is -0.478 e. The summed E-state index contributed by atoms with van der Waals surface area (Å²) in [5, 5.41) is 9.69. The van der Waals surface area contributed by atoms with Gasteiger partial charge < -0.3 is 14.7 Å². The normalized spacial score (nSPS) is 16.1. The van der Waals surface area contributed by atoms with Crippen LogP contribution in [0.3, 0.4) is 0 Å². The van der Waals surface area contributed by atoms with Crippen LogP contribution >= 0.6 is 0 Å². The molecule has 1 unspecified atom stereocenters. The standard InChI is InChI=1S/C22H22FNO4/c1-22(21(26)27,28-19-5-3-2-4-6-19)15-16-11-13-24(14-12-16)20(25)17-7-9-18(23)10-8-17/h2-11H,12-15H2,1H3,(H,26,27). The van der Waals surface area contributed by atoms with Crippen molar-refractivity contribution in [2.45, 2.75) is 25.4 Å². The molecule has 3 rings (SSSR count). The molecule has 28 heavy (non-hydrogen) atoms. The molecule has 0 aliphatic carbocycles. The summed E-state index contributed by atoms with van der Waals surface area (Å²) in [5.74, 6) is -1.10. The number of rotatable bonds is 6. The number of benzene rings is 2. The molecule has 1 aliphatic heterocycles. The highest BCUT2D eigenvalue weighted by atomic mass is 19.1. The smallest absolute Gasteiger partial charge is 0.348 e. The summed E-state index contributed by atoms with van der Waals surface area (Å²) in [7, 11) is 0. The lowest BCUT2D eigenvalue weighted by molar-refractivity contribution is -0.153. The van der Waals surface area contributed by atoms with Crippen LogP contribution in [0.5, 0.6) is 5.75 Å². The number of nitrogens with zero attached hydrogens (tertiary/aromatic N) is 1. The fraction of sp³-hybridized carbons (Fsp3) is 0.273. The highest BCUT2D eigenvalue weighted by Gasteiger charge is 2.37. The van der Waals surface area contributed by atoms with Gasteiger partial charge in [0.05, 0.1) is 0 Å². The summed E-state index contributed by atoms with van der Waals surface area (Å²) in [6.45, 7) is 2.41. The lowest BCUT2D eigenvalue weighted by atomic mass is 9.92. The molecule has 0 aromatic heterocycles. The van der Waals surface area contributed by atoms with E-state index >= 15 is 0 Å². The molecule has 1 heterocycles. The van der Waals surface area contributed by atoms with Gasteiger partial charge in [0.1, 0.15) is 11.6 Å². The summed E-state index contributed by atoms with van der Waals surface area (Å²) >= 11 is 0. The van der Waals surface area contributed by atoms with Gasteiger partial charge >= 0.3 is 5.97 Å². The molecule has 1 aliphatic rings. The molecule has 0 radical (unpaired) electrons. The molecule has 0 bridgehead atoms. The number of carbonyl (C=O) groups is 2. The van der Waals surface area contributed by atoms with Crippen molar-refractivity contribution >= 4 is 11.9 Å². The molecule has 0 saturated heterocycles. The van der Waals surface area contributed by atoms with Crippen molar-refractivity contribution in [1.82, 2.24) is 4.90 Å². The number of carbonyl (C=O) groups excluding carboxylic acids is 1. The van der Waals surface area contributed by atoms with Crippen LogP contribution in [0.1, 0.15) is 30.1 Å². The second-order valence-corrected chi connectivity index (χ2v) is 7.00. The lowest BCUT2D eigenvalue weighted by Gasteiger charge is -2.31. The van der Waals surface area contributed by atoms with E-state index in [0.717, 1.165) is 5.57 Å². The minimum atomic E-state index is -1.39. The third-order valence-electron chi connectivity index (χ3n) is 4.78. The van der Waals surface area contributed by atoms with Crippen LogP contribution in [-0.2, 0) is 4.79 Å². The highest BCUT2D eigenvalue weighted by Crippen LogP contribution is 2.28. The zero-order chi connectivity index (χ0) is 20.1. The molecule has 2 aromatic rings. The number of amides is 1. The summed E-state index contributed by atoms with van der Waals surface area (Å²) in [4.78, 5) is 26.0. The summed E-state index contributed by atoms with van der Waals surface area (Å²) < 4.78 is 18.8. The topological polar surface area (TPSA) is 66.8 Å². The van der Waals surface area contributed by atoms with Crippen molar-refractivity contribution in [2.75, 3.05) is 13.1 Å². The molecular formula is C22H22FNO4. The predicted octanol–water partition coefficient (Wildman–Crippen LogP) is 3.91. The van der Waals surface area contributed by atoms with E-state index in [1.54, 1.807) is 36.1 Å². The molecule has 0 saturated carbocycles. The number of hydrogen-bond acceptors (Lipinski definition) is 3. The van der Waals surface area contributed by atoms with Crippen molar-refractivity contribution in [2.24, 2.45) is 0 Å². The maximum Gasteiger partial charge on any atom is 0.348 e. The third kappa shape index (κ3) is 4.57. The van der Waals surface area contributed by atoms with E-state index in [1.165, 1.54) is 24.3 Å². The van der Waals surface area contributed by atoms with E-state index in [1.807, 2.05) is 12.1 Å². The average Bonchev–Trinajstić information content (AvgIpc) is 2.69. The Labute approximate surface area is 163 Å². The van der Waals surface area contributed by atoms with Gasteiger partial charge in [0, 0.05) is 25.1 Å². The Kier molecular flexibility index (Phi) is 5.78. The number of hydrogen-bond donors (Lipinski definition) is 1. The van der Waals surface area contributed by atoms with E-state index in [0.29, 0.717) is 30.8 Å². The van der Waals surface area contributed by atoms with Gasteiger partial charge in [0.15, 0.2) is 0 Å². The molecule has 1 N–H and O–H groups in total. The molecule has 2 aromatic carbocycles. The van der Waals surface area contributed by atoms with Gasteiger partial charge in [-0.1, -0.05) is 29.8 Å². The number of aliphatic carboxylic acids is 1. The van der Waals surface area contributed by atoms with Crippen molar-refractivity contribution in [1.29, 1.82) is 0 Å². The Morgan fingerprint density at radius 1 is 1.14 bits per heavy atom. The van der Waals surface area contributed by atoms with Crippen LogP contribution in [0.2, 0.25) is 0 Å². The van der Waals surface area contributed by atoms with Crippen LogP contribution in [0, 0.1) is 5.82 Å². The lowest BCUT2D eigenvalue weighted by Crippen LogP contribution is -2.43. The maximum atomic E-state index is 13.0. The van der Waals surface area contributed by atoms with Crippen LogP contribution in [0.15, 0.2) is 66.2 Å². The summed E-state index contributed by atoms with van der Waals surface area (Å²) in [5.41, 5.74) is -0.0268. The van der Waals surface area contributed by atoms with Gasteiger partial charge in [0.2, 0.25) is 5.60 Å². The molecule has 6 heteroatoms. The fourth-order valence-electron chi connectivity index (χ4n) is 3.17. The third-order valence-corrected chi connectivity index (χ3v) is 4.78. The van der Waals surface area contributed by atoms with E-state index in [-0.39, 0.29) is 18.1 Å². The first-order valence-corrected chi connectivity index (χ1v) is 9.07. The van der Waals surface area contributed by atoms with Gasteiger partial charge in [-0.3, -0.25) is 4.79 Å². The maximum absolute atomic E-state index is 13.0. The highest BCUT2D eigenvalue weighted by molar-refractivity contribution is 5.94. The van der Waals surface area contributed by atoms with Crippen LogP contribution in [0.25, 0.3) is 0 Å². The van der Waals surface area contributed by atoms with Gasteiger partial charge in [0.25, 0.3) is 5.91 Å². The van der Waals surface area contributed by atoms with E-state index in [9.17, 15) is 19.1 Å². The van der Waals surface area contributed by atoms with Gasteiger partial charge in [-0.15, -0.1) is 0 Å². The Balaban J connectivity index is 1.66. The Hall–Kier alpha value is -3.15. The largest absolute Gasteiger partial charge is 0.478 e. The second-order valence-electron chi connectivity index (χ2n) is 7.00. The fourth-order valence-corrected chi connectivity index (χ4v) is 3.17. The summed E-state index contributed by atoms with van der Waals surface area (Å²) in [6, 6.07) is 14.3. The van der Waals surface area contributed by atoms with Crippen molar-refractivity contribution in [3.8, 4) is 5.75 Å². The molecule has 1 amide bonds. The van der Waals surface area contributed by atoms with Crippen LogP contribution in [0.4, 0.5) is 4.39 Å². The average molecular weight is 383 g/mol. The van der Waals surface area contributed by atoms with Gasteiger partial charge in [-0.05, 0) is 49.7 Å². The number of halogens is 1.